The summed E-state index contributed by atoms with van der Waals surface area (Å²) in [4.78, 5) is 18.2. The van der Waals surface area contributed by atoms with Gasteiger partial charge in [-0.05, 0) is 26.7 Å². The van der Waals surface area contributed by atoms with E-state index in [0.717, 1.165) is 12.8 Å². The first-order valence-electron chi connectivity index (χ1n) is 5.44. The Bertz CT molecular complexity index is 405. The van der Waals surface area contributed by atoms with Crippen LogP contribution in [-0.4, -0.2) is 15.5 Å². The third kappa shape index (κ3) is 2.37. The van der Waals surface area contributed by atoms with E-state index in [4.69, 9.17) is 0 Å². The summed E-state index contributed by atoms with van der Waals surface area (Å²) in [7, 11) is 0. The van der Waals surface area contributed by atoms with Gasteiger partial charge in [-0.1, -0.05) is 12.8 Å². The van der Waals surface area contributed by atoms with Crippen molar-refractivity contribution in [1.29, 1.82) is 0 Å². The molecular weight excluding hydrogens is 190 g/mol. The Morgan fingerprint density at radius 3 is 2.73 bits per heavy atom. The molecule has 0 saturated heterocycles. The number of nitrogens with one attached hydrogen (secondary N) is 2. The maximum absolute atomic E-state index is 11.3. The standard InChI is InChI=1S/C11H17N3O/c1-8-12-9(7-10(15)13-8)14-11(2)5-3-4-6-11/h7H,3-6H2,1-2H3,(H2,12,13,14,15). The van der Waals surface area contributed by atoms with Crippen LogP contribution in [0.1, 0.15) is 38.4 Å². The Balaban J connectivity index is 2.20. The highest BCUT2D eigenvalue weighted by Crippen LogP contribution is 2.31. The second-order valence-electron chi connectivity index (χ2n) is 4.61. The van der Waals surface area contributed by atoms with Crippen LogP contribution in [0.2, 0.25) is 0 Å². The van der Waals surface area contributed by atoms with Gasteiger partial charge in [0.05, 0.1) is 0 Å². The molecule has 1 aliphatic carbocycles. The zero-order valence-corrected chi connectivity index (χ0v) is 9.26. The van der Waals surface area contributed by atoms with Crippen molar-refractivity contribution in [3.05, 3.63) is 22.2 Å². The van der Waals surface area contributed by atoms with Crippen LogP contribution in [-0.2, 0) is 0 Å². The van der Waals surface area contributed by atoms with Crippen LogP contribution >= 0.6 is 0 Å². The monoisotopic (exact) mass is 207 g/mol. The normalized spacial score (nSPS) is 19.1. The molecule has 0 amide bonds. The highest BCUT2D eigenvalue weighted by molar-refractivity contribution is 5.36. The lowest BCUT2D eigenvalue weighted by atomic mass is 10.0. The molecule has 0 bridgehead atoms. The largest absolute Gasteiger partial charge is 0.365 e. The Labute approximate surface area is 89.1 Å². The minimum atomic E-state index is -0.0911. The predicted octanol–water partition coefficient (Wildman–Crippen LogP) is 1.82. The summed E-state index contributed by atoms with van der Waals surface area (Å²) >= 11 is 0. The molecule has 2 rings (SSSR count). The zero-order valence-electron chi connectivity index (χ0n) is 9.26. The molecule has 4 nitrogen and oxygen atoms in total. The second-order valence-corrected chi connectivity index (χ2v) is 4.61. The molecule has 0 aromatic carbocycles. The van der Waals surface area contributed by atoms with Crippen LogP contribution in [0.4, 0.5) is 5.82 Å². The van der Waals surface area contributed by atoms with Gasteiger partial charge in [0, 0.05) is 11.6 Å². The third-order valence-electron chi connectivity index (χ3n) is 3.00. The SMILES string of the molecule is Cc1nc(NC2(C)CCCC2)cc(=O)[nH]1. The molecule has 0 atom stereocenters. The lowest BCUT2D eigenvalue weighted by Crippen LogP contribution is -2.32. The van der Waals surface area contributed by atoms with Crippen molar-refractivity contribution in [2.75, 3.05) is 5.32 Å². The molecule has 1 aromatic heterocycles. The summed E-state index contributed by atoms with van der Waals surface area (Å²) < 4.78 is 0. The van der Waals surface area contributed by atoms with E-state index in [1.807, 2.05) is 0 Å². The molecule has 1 heterocycles. The number of aromatic nitrogens is 2. The molecule has 1 aliphatic rings. The summed E-state index contributed by atoms with van der Waals surface area (Å²) in [6.45, 7) is 3.99. The molecule has 0 radical (unpaired) electrons. The van der Waals surface area contributed by atoms with Gasteiger partial charge in [0.15, 0.2) is 0 Å². The zero-order chi connectivity index (χ0) is 10.9. The van der Waals surface area contributed by atoms with E-state index in [1.54, 1.807) is 6.92 Å². The maximum atomic E-state index is 11.3. The first kappa shape index (κ1) is 10.2. The van der Waals surface area contributed by atoms with Gasteiger partial charge in [-0.15, -0.1) is 0 Å². The van der Waals surface area contributed by atoms with Gasteiger partial charge in [0.2, 0.25) is 0 Å². The highest BCUT2D eigenvalue weighted by atomic mass is 16.1. The molecule has 82 valence electrons. The molecule has 0 unspecified atom stereocenters. The lowest BCUT2D eigenvalue weighted by molar-refractivity contribution is 0.530. The van der Waals surface area contributed by atoms with Crippen molar-refractivity contribution in [3.63, 3.8) is 0 Å². The Morgan fingerprint density at radius 2 is 2.13 bits per heavy atom. The minimum absolute atomic E-state index is 0.0911. The first-order chi connectivity index (χ1) is 7.07. The van der Waals surface area contributed by atoms with Gasteiger partial charge in [-0.3, -0.25) is 4.79 Å². The van der Waals surface area contributed by atoms with Crippen molar-refractivity contribution in [2.45, 2.75) is 45.1 Å². The van der Waals surface area contributed by atoms with Gasteiger partial charge in [0.25, 0.3) is 5.56 Å². The maximum Gasteiger partial charge on any atom is 0.252 e. The van der Waals surface area contributed by atoms with Crippen LogP contribution < -0.4 is 10.9 Å². The molecule has 1 aromatic rings. The van der Waals surface area contributed by atoms with E-state index in [1.165, 1.54) is 18.9 Å². The van der Waals surface area contributed by atoms with E-state index < -0.39 is 0 Å². The molecule has 2 N–H and O–H groups in total. The number of aromatic amines is 1. The van der Waals surface area contributed by atoms with E-state index in [9.17, 15) is 4.79 Å². The van der Waals surface area contributed by atoms with Gasteiger partial charge >= 0.3 is 0 Å². The molecule has 1 fully saturated rings. The highest BCUT2D eigenvalue weighted by Gasteiger charge is 2.28. The van der Waals surface area contributed by atoms with Crippen molar-refractivity contribution in [2.24, 2.45) is 0 Å². The van der Waals surface area contributed by atoms with E-state index in [0.29, 0.717) is 11.6 Å². The van der Waals surface area contributed by atoms with Gasteiger partial charge < -0.3 is 10.3 Å². The predicted molar refractivity (Wildman–Crippen MR) is 60.1 cm³/mol. The number of hydrogen-bond donors (Lipinski definition) is 2. The number of anilines is 1. The fourth-order valence-electron chi connectivity index (χ4n) is 2.23. The topological polar surface area (TPSA) is 57.8 Å². The van der Waals surface area contributed by atoms with Crippen molar-refractivity contribution < 1.29 is 0 Å². The Morgan fingerprint density at radius 1 is 1.47 bits per heavy atom. The number of aryl methyl sites for hydroxylation is 1. The van der Waals surface area contributed by atoms with E-state index >= 15 is 0 Å². The molecule has 4 heteroatoms. The van der Waals surface area contributed by atoms with E-state index in [2.05, 4.69) is 22.2 Å². The van der Waals surface area contributed by atoms with Crippen molar-refractivity contribution in [1.82, 2.24) is 9.97 Å². The number of H-pyrrole nitrogens is 1. The van der Waals surface area contributed by atoms with Gasteiger partial charge in [0.1, 0.15) is 11.6 Å². The average molecular weight is 207 g/mol. The van der Waals surface area contributed by atoms with Crippen LogP contribution in [0.25, 0.3) is 0 Å². The third-order valence-corrected chi connectivity index (χ3v) is 3.00. The van der Waals surface area contributed by atoms with Gasteiger partial charge in [-0.2, -0.15) is 0 Å². The van der Waals surface area contributed by atoms with Crippen LogP contribution in [0.15, 0.2) is 10.9 Å². The van der Waals surface area contributed by atoms with Crippen LogP contribution in [0.3, 0.4) is 0 Å². The minimum Gasteiger partial charge on any atom is -0.365 e. The summed E-state index contributed by atoms with van der Waals surface area (Å²) in [5, 5.41) is 3.37. The fourth-order valence-corrected chi connectivity index (χ4v) is 2.23. The molecule has 0 spiro atoms. The fraction of sp³-hybridized carbons (Fsp3) is 0.636. The first-order valence-corrected chi connectivity index (χ1v) is 5.44. The lowest BCUT2D eigenvalue weighted by Gasteiger charge is -2.25. The number of hydrogen-bond acceptors (Lipinski definition) is 3. The summed E-state index contributed by atoms with van der Waals surface area (Å²) in [6, 6.07) is 1.52. The summed E-state index contributed by atoms with van der Waals surface area (Å²) in [5.74, 6) is 1.35. The van der Waals surface area contributed by atoms with E-state index in [-0.39, 0.29) is 11.1 Å². The Hall–Kier alpha value is -1.32. The molecule has 0 aliphatic heterocycles. The van der Waals surface area contributed by atoms with Gasteiger partial charge in [-0.25, -0.2) is 4.98 Å². The smallest absolute Gasteiger partial charge is 0.252 e. The molecule has 1 saturated carbocycles. The summed E-state index contributed by atoms with van der Waals surface area (Å²) in [5.41, 5.74) is 0.0272. The number of nitrogens with zero attached hydrogens (tertiary/aromatic N) is 1. The van der Waals surface area contributed by atoms with Crippen LogP contribution in [0.5, 0.6) is 0 Å². The van der Waals surface area contributed by atoms with Crippen molar-refractivity contribution >= 4 is 5.82 Å². The molecular formula is C11H17N3O. The quantitative estimate of drug-likeness (QED) is 0.777. The van der Waals surface area contributed by atoms with Crippen molar-refractivity contribution in [3.8, 4) is 0 Å². The Kier molecular flexibility index (Phi) is 2.50. The summed E-state index contributed by atoms with van der Waals surface area (Å²) in [6.07, 6.45) is 4.82. The molecule has 15 heavy (non-hydrogen) atoms. The second kappa shape index (κ2) is 3.68. The average Bonchev–Trinajstić information content (AvgIpc) is 2.49. The van der Waals surface area contributed by atoms with Crippen LogP contribution in [0, 0.1) is 6.92 Å². The number of rotatable bonds is 2.